The van der Waals surface area contributed by atoms with Gasteiger partial charge in [-0.2, -0.15) is 0 Å². The monoisotopic (exact) mass is 397 g/mol. The van der Waals surface area contributed by atoms with Gasteiger partial charge in [-0.25, -0.2) is 13.6 Å². The van der Waals surface area contributed by atoms with Crippen molar-refractivity contribution in [2.24, 2.45) is 5.14 Å². The Hall–Kier alpha value is -0.670. The third kappa shape index (κ3) is 4.17. The molecular formula is C12H17BrClN3O3S. The first-order chi connectivity index (χ1) is 9.30. The first-order valence-electron chi connectivity index (χ1n) is 6.13. The van der Waals surface area contributed by atoms with Crippen LogP contribution in [0.5, 0.6) is 0 Å². The molecule has 2 rings (SSSR count). The van der Waals surface area contributed by atoms with Crippen molar-refractivity contribution in [3.63, 3.8) is 0 Å². The molecule has 1 aliphatic rings. The molecular weight excluding hydrogens is 382 g/mol. The highest BCUT2D eigenvalue weighted by molar-refractivity contribution is 9.10. The Balaban J connectivity index is 0.00000220. The quantitative estimate of drug-likeness (QED) is 0.773. The predicted octanol–water partition coefficient (Wildman–Crippen LogP) is 0.872. The second-order valence-electron chi connectivity index (χ2n) is 4.66. The highest BCUT2D eigenvalue weighted by Gasteiger charge is 2.23. The Morgan fingerprint density at radius 1 is 1.33 bits per heavy atom. The number of amides is 1. The van der Waals surface area contributed by atoms with Gasteiger partial charge in [-0.1, -0.05) is 15.9 Å². The summed E-state index contributed by atoms with van der Waals surface area (Å²) in [5, 5.41) is 8.35. The van der Waals surface area contributed by atoms with Crippen molar-refractivity contribution in [3.05, 3.63) is 27.7 Å². The van der Waals surface area contributed by atoms with Gasteiger partial charge in [-0.15, -0.1) is 12.4 Å². The summed E-state index contributed by atoms with van der Waals surface area (Å²) in [6, 6.07) is 3.05. The summed E-state index contributed by atoms with van der Waals surface area (Å²) in [4.78, 5) is 14.2. The van der Waals surface area contributed by atoms with Gasteiger partial charge in [0.15, 0.2) is 0 Å². The highest BCUT2D eigenvalue weighted by atomic mass is 79.9. The summed E-state index contributed by atoms with van der Waals surface area (Å²) < 4.78 is 23.7. The summed E-state index contributed by atoms with van der Waals surface area (Å²) in [6.07, 6.45) is 0. The second-order valence-corrected chi connectivity index (χ2v) is 7.11. The van der Waals surface area contributed by atoms with E-state index in [0.29, 0.717) is 28.7 Å². The van der Waals surface area contributed by atoms with Crippen molar-refractivity contribution in [1.82, 2.24) is 10.2 Å². The van der Waals surface area contributed by atoms with E-state index in [0.717, 1.165) is 13.1 Å². The van der Waals surface area contributed by atoms with Crippen LogP contribution in [0.3, 0.4) is 0 Å². The molecule has 0 spiro atoms. The van der Waals surface area contributed by atoms with E-state index in [1.165, 1.54) is 6.07 Å². The number of piperazine rings is 1. The smallest absolute Gasteiger partial charge is 0.254 e. The number of nitrogens with zero attached hydrogens (tertiary/aromatic N) is 1. The first-order valence-corrected chi connectivity index (χ1v) is 8.47. The van der Waals surface area contributed by atoms with Crippen LogP contribution >= 0.6 is 28.3 Å². The molecule has 6 nitrogen and oxygen atoms in total. The van der Waals surface area contributed by atoms with Crippen molar-refractivity contribution >= 4 is 44.3 Å². The minimum absolute atomic E-state index is 0. The number of benzene rings is 1. The lowest BCUT2D eigenvalue weighted by Crippen LogP contribution is -2.46. The third-order valence-electron chi connectivity index (χ3n) is 3.27. The van der Waals surface area contributed by atoms with Crippen LogP contribution in [0.4, 0.5) is 0 Å². The van der Waals surface area contributed by atoms with Crippen molar-refractivity contribution in [3.8, 4) is 0 Å². The van der Waals surface area contributed by atoms with E-state index in [1.807, 2.05) is 0 Å². The molecule has 1 aliphatic heterocycles. The second kappa shape index (κ2) is 7.06. The van der Waals surface area contributed by atoms with Crippen molar-refractivity contribution in [2.45, 2.75) is 11.8 Å². The van der Waals surface area contributed by atoms with Gasteiger partial charge in [0.05, 0.1) is 4.90 Å². The maximum atomic E-state index is 12.5. The van der Waals surface area contributed by atoms with Crippen LogP contribution in [0.15, 0.2) is 21.5 Å². The van der Waals surface area contributed by atoms with Crippen LogP contribution in [0, 0.1) is 6.92 Å². The average molecular weight is 399 g/mol. The molecule has 1 fully saturated rings. The minimum atomic E-state index is -3.86. The number of rotatable bonds is 2. The SMILES string of the molecule is Cc1c(C(=O)N2CCNCC2)cc(Br)cc1S(N)(=O)=O.Cl. The van der Waals surface area contributed by atoms with E-state index in [-0.39, 0.29) is 23.2 Å². The molecule has 1 saturated heterocycles. The van der Waals surface area contributed by atoms with Gasteiger partial charge < -0.3 is 10.2 Å². The molecule has 1 heterocycles. The molecule has 0 saturated carbocycles. The highest BCUT2D eigenvalue weighted by Crippen LogP contribution is 2.25. The Kier molecular flexibility index (Phi) is 6.18. The van der Waals surface area contributed by atoms with E-state index in [1.54, 1.807) is 17.9 Å². The predicted molar refractivity (Wildman–Crippen MR) is 86.3 cm³/mol. The molecule has 3 N–H and O–H groups in total. The average Bonchev–Trinajstić information content (AvgIpc) is 2.40. The maximum Gasteiger partial charge on any atom is 0.254 e. The lowest BCUT2D eigenvalue weighted by Gasteiger charge is -2.28. The lowest BCUT2D eigenvalue weighted by molar-refractivity contribution is 0.0734. The molecule has 1 aromatic rings. The zero-order chi connectivity index (χ0) is 14.9. The topological polar surface area (TPSA) is 92.5 Å². The lowest BCUT2D eigenvalue weighted by atomic mass is 10.1. The molecule has 0 aromatic heterocycles. The summed E-state index contributed by atoms with van der Waals surface area (Å²) in [6.45, 7) is 4.29. The number of primary sulfonamides is 1. The van der Waals surface area contributed by atoms with Crippen LogP contribution in [0.1, 0.15) is 15.9 Å². The zero-order valence-electron chi connectivity index (χ0n) is 11.4. The number of hydrogen-bond donors (Lipinski definition) is 2. The number of carbonyl (C=O) groups excluding carboxylic acids is 1. The molecule has 0 bridgehead atoms. The normalized spacial score (nSPS) is 15.5. The van der Waals surface area contributed by atoms with E-state index in [4.69, 9.17) is 5.14 Å². The summed E-state index contributed by atoms with van der Waals surface area (Å²) in [5.74, 6) is -0.171. The fraction of sp³-hybridized carbons (Fsp3) is 0.417. The van der Waals surface area contributed by atoms with Crippen LogP contribution in [0.2, 0.25) is 0 Å². The molecule has 9 heteroatoms. The summed E-state index contributed by atoms with van der Waals surface area (Å²) in [5.41, 5.74) is 0.754. The molecule has 21 heavy (non-hydrogen) atoms. The zero-order valence-corrected chi connectivity index (χ0v) is 14.6. The van der Waals surface area contributed by atoms with Gasteiger partial charge in [-0.05, 0) is 24.6 Å². The number of nitrogens with one attached hydrogen (secondary N) is 1. The van der Waals surface area contributed by atoms with Crippen LogP contribution in [0.25, 0.3) is 0 Å². The van der Waals surface area contributed by atoms with Crippen molar-refractivity contribution in [1.29, 1.82) is 0 Å². The molecule has 0 aliphatic carbocycles. The number of halogens is 2. The Labute approximate surface area is 138 Å². The first kappa shape index (κ1) is 18.4. The molecule has 1 aromatic carbocycles. The molecule has 118 valence electrons. The fourth-order valence-corrected chi connectivity index (χ4v) is 3.65. The van der Waals surface area contributed by atoms with Crippen LogP contribution in [-0.2, 0) is 10.0 Å². The number of sulfonamides is 1. The van der Waals surface area contributed by atoms with Gasteiger partial charge in [0.25, 0.3) is 5.91 Å². The van der Waals surface area contributed by atoms with Crippen LogP contribution in [-0.4, -0.2) is 45.4 Å². The van der Waals surface area contributed by atoms with E-state index in [9.17, 15) is 13.2 Å². The van der Waals surface area contributed by atoms with Gasteiger partial charge >= 0.3 is 0 Å². The number of hydrogen-bond acceptors (Lipinski definition) is 4. The largest absolute Gasteiger partial charge is 0.336 e. The standard InChI is InChI=1S/C12H16BrN3O3S.ClH/c1-8-10(12(17)16-4-2-15-3-5-16)6-9(13)7-11(8)20(14,18)19;/h6-7,15H,2-5H2,1H3,(H2,14,18,19);1H. The fourth-order valence-electron chi connectivity index (χ4n) is 2.21. The Morgan fingerprint density at radius 3 is 2.43 bits per heavy atom. The summed E-state index contributed by atoms with van der Waals surface area (Å²) in [7, 11) is -3.86. The van der Waals surface area contributed by atoms with Gasteiger partial charge in [0, 0.05) is 36.2 Å². The molecule has 0 unspecified atom stereocenters. The maximum absolute atomic E-state index is 12.5. The molecule has 0 radical (unpaired) electrons. The Bertz CT molecular complexity index is 645. The summed E-state index contributed by atoms with van der Waals surface area (Å²) >= 11 is 3.23. The minimum Gasteiger partial charge on any atom is -0.336 e. The molecule has 1 amide bonds. The van der Waals surface area contributed by atoms with E-state index in [2.05, 4.69) is 21.2 Å². The van der Waals surface area contributed by atoms with Crippen molar-refractivity contribution < 1.29 is 13.2 Å². The van der Waals surface area contributed by atoms with Gasteiger partial charge in [0.2, 0.25) is 10.0 Å². The Morgan fingerprint density at radius 2 is 1.90 bits per heavy atom. The van der Waals surface area contributed by atoms with Crippen LogP contribution < -0.4 is 10.5 Å². The van der Waals surface area contributed by atoms with E-state index < -0.39 is 10.0 Å². The van der Waals surface area contributed by atoms with Gasteiger partial charge in [-0.3, -0.25) is 4.79 Å². The van der Waals surface area contributed by atoms with Crippen molar-refractivity contribution in [2.75, 3.05) is 26.2 Å². The van der Waals surface area contributed by atoms with Gasteiger partial charge in [0.1, 0.15) is 0 Å². The number of carbonyl (C=O) groups is 1. The number of nitrogens with two attached hydrogens (primary N) is 1. The molecule has 0 atom stereocenters. The third-order valence-corrected chi connectivity index (χ3v) is 4.76. The van der Waals surface area contributed by atoms with E-state index >= 15 is 0 Å².